The number of carbonyl (C=O) groups is 3. The summed E-state index contributed by atoms with van der Waals surface area (Å²) in [6.07, 6.45) is 11.2. The van der Waals surface area contributed by atoms with Gasteiger partial charge < -0.3 is 87.5 Å². The van der Waals surface area contributed by atoms with Crippen LogP contribution < -0.4 is 43.6 Å². The van der Waals surface area contributed by atoms with Crippen molar-refractivity contribution in [3.63, 3.8) is 0 Å². The number of piperazine rings is 3. The molecule has 0 spiro atoms. The van der Waals surface area contributed by atoms with Gasteiger partial charge in [-0.1, -0.05) is 128 Å². The molecule has 18 rings (SSSR count). The summed E-state index contributed by atoms with van der Waals surface area (Å²) in [4.78, 5) is 103. The second-order valence-electron chi connectivity index (χ2n) is 34.3. The Hall–Kier alpha value is -9.65. The van der Waals surface area contributed by atoms with Crippen molar-refractivity contribution in [3.05, 3.63) is 229 Å². The summed E-state index contributed by atoms with van der Waals surface area (Å²) in [7, 11) is 6.33. The number of likely N-dealkylation sites (tertiary alicyclic amines) is 3. The Bertz CT molecular complexity index is 6020. The molecule has 0 aliphatic carbocycles. The number of benzene rings is 6. The maximum absolute atomic E-state index is 13.8. The summed E-state index contributed by atoms with van der Waals surface area (Å²) in [6, 6.07) is 36.4. The van der Waals surface area contributed by atoms with Crippen LogP contribution in [0.2, 0.25) is 15.1 Å². The van der Waals surface area contributed by atoms with Gasteiger partial charge in [-0.15, -0.1) is 0 Å². The van der Waals surface area contributed by atoms with Crippen molar-refractivity contribution < 1.29 is 41.5 Å². The molecule has 728 valence electrons. The zero-order chi connectivity index (χ0) is 92.4. The summed E-state index contributed by atoms with van der Waals surface area (Å²) >= 11 is 20.1. The van der Waals surface area contributed by atoms with Crippen LogP contribution in [0.15, 0.2) is 146 Å². The summed E-state index contributed by atoms with van der Waals surface area (Å²) in [5.74, 6) is -0.415. The molecule has 0 unspecified atom stereocenters. The molecule has 0 N–H and O–H groups in total. The fraction of sp³-hybridized carbons (Fsp3) is 0.449. The number of anilines is 6. The maximum atomic E-state index is 13.8. The number of amides is 3. The minimum atomic E-state index is -1.01. The first kappa shape index (κ1) is 105. The molecule has 0 bridgehead atoms. The van der Waals surface area contributed by atoms with E-state index in [1.54, 1.807) is 4.90 Å². The fourth-order valence-corrected chi connectivity index (χ4v) is 20.5. The first-order valence-corrected chi connectivity index (χ1v) is 45.5. The number of rotatable bonds is 22. The number of carbonyl (C=O) groups excluding carboxylic acids is 3. The van der Waals surface area contributed by atoms with Crippen LogP contribution in [-0.4, -0.2) is 279 Å². The van der Waals surface area contributed by atoms with Crippen molar-refractivity contribution in [1.82, 2.24) is 59.3 Å². The van der Waals surface area contributed by atoms with Crippen molar-refractivity contribution in [2.24, 2.45) is 0 Å². The van der Waals surface area contributed by atoms with Crippen LogP contribution in [-0.2, 0) is 53.3 Å². The van der Waals surface area contributed by atoms with Gasteiger partial charge >= 0.3 is 18.0 Å². The van der Waals surface area contributed by atoms with Gasteiger partial charge in [0.05, 0.1) is 55.9 Å². The Labute approximate surface area is 858 Å². The second kappa shape index (κ2) is 50.8. The van der Waals surface area contributed by atoms with E-state index in [4.69, 9.17) is 103 Å². The second-order valence-corrected chi connectivity index (χ2v) is 35.5. The minimum absolute atomic E-state index is 0. The largest absolute Gasteiger partial charge is 0.462 e. The van der Waals surface area contributed by atoms with Crippen molar-refractivity contribution in [2.45, 2.75) is 121 Å². The average Bonchev–Trinajstić information content (AvgIpc) is 1.20. The number of halogens is 5. The van der Waals surface area contributed by atoms with Crippen molar-refractivity contribution in [2.75, 3.05) is 195 Å². The van der Waals surface area contributed by atoms with Crippen LogP contribution in [0.3, 0.4) is 0 Å². The van der Waals surface area contributed by atoms with E-state index >= 15 is 0 Å². The zero-order valence-corrected chi connectivity index (χ0v) is 84.3. The maximum Gasteiger partial charge on any atom is 0.318 e. The first-order chi connectivity index (χ1) is 64.0. The Kier molecular flexibility index (Phi) is 39.3. The van der Waals surface area contributed by atoms with Crippen LogP contribution in [0, 0.1) is 19.7 Å². The molecule has 6 atom stereocenters. The smallest absolute Gasteiger partial charge is 0.318 e. The molecule has 3 amide bonds. The van der Waals surface area contributed by atoms with Crippen LogP contribution in [0.5, 0.6) is 18.0 Å². The predicted molar refractivity (Wildman–Crippen MR) is 573 cm³/mol. The number of alkyl halides is 1. The van der Waals surface area contributed by atoms with Crippen LogP contribution in [0.25, 0.3) is 46.9 Å². The number of aromatic nitrogens is 6. The Morgan fingerprint density at radius 1 is 0.456 bits per heavy atom. The molecule has 136 heavy (non-hydrogen) atoms. The van der Waals surface area contributed by atoms with Gasteiger partial charge in [0.1, 0.15) is 62.1 Å². The molecule has 3 aromatic heterocycles. The lowest BCUT2D eigenvalue weighted by Crippen LogP contribution is -2.57. The molecular formula is C98H124Cl3F2N21O6S6. The lowest BCUT2D eigenvalue weighted by Gasteiger charge is -2.41. The number of allylic oxidation sites excluding steroid dienone is 1. The highest BCUT2D eigenvalue weighted by molar-refractivity contribution is 7.60. The summed E-state index contributed by atoms with van der Waals surface area (Å²) in [5, 5.41) is 8.43. The third-order valence-corrected chi connectivity index (χ3v) is 27.5. The van der Waals surface area contributed by atoms with Crippen molar-refractivity contribution in [1.29, 1.82) is 0 Å². The Morgan fingerprint density at radius 2 is 0.772 bits per heavy atom. The van der Waals surface area contributed by atoms with E-state index in [9.17, 15) is 23.2 Å². The van der Waals surface area contributed by atoms with Gasteiger partial charge in [-0.25, -0.2) is 28.5 Å². The molecule has 9 aromatic rings. The highest BCUT2D eigenvalue weighted by Gasteiger charge is 2.41. The number of hydrogen-bond donors (Lipinski definition) is 0. The molecule has 6 aromatic carbocycles. The average molecular weight is 2030 g/mol. The van der Waals surface area contributed by atoms with E-state index in [1.807, 2.05) is 48.5 Å². The van der Waals surface area contributed by atoms with Gasteiger partial charge in [-0.3, -0.25) is 14.4 Å². The molecule has 0 radical (unpaired) electrons. The monoisotopic (exact) mass is 2030 g/mol. The molecule has 12 heterocycles. The van der Waals surface area contributed by atoms with E-state index in [0.717, 1.165) is 190 Å². The number of fused-ring (bicyclic) bond motifs is 6. The molecule has 6 fully saturated rings. The third kappa shape index (κ3) is 24.8. The Morgan fingerprint density at radius 3 is 1.07 bits per heavy atom. The van der Waals surface area contributed by atoms with Gasteiger partial charge in [0.15, 0.2) is 5.83 Å². The molecule has 9 aliphatic heterocycles. The van der Waals surface area contributed by atoms with Gasteiger partial charge in [-0.05, 0) is 163 Å². The van der Waals surface area contributed by atoms with Gasteiger partial charge in [0, 0.05) is 153 Å². The first-order valence-electron chi connectivity index (χ1n) is 45.9. The number of nitrogens with zero attached hydrogens (tertiary/aromatic N) is 21. The molecule has 9 aliphatic rings. The molecule has 6 saturated heterocycles. The lowest BCUT2D eigenvalue weighted by molar-refractivity contribution is -0.131. The van der Waals surface area contributed by atoms with E-state index in [0.29, 0.717) is 144 Å². The lowest BCUT2D eigenvalue weighted by atomic mass is 10.0. The van der Waals surface area contributed by atoms with E-state index in [1.165, 1.54) is 22.0 Å². The predicted octanol–water partition coefficient (Wildman–Crippen LogP) is 15.3. The van der Waals surface area contributed by atoms with Crippen LogP contribution in [0.4, 0.5) is 43.3 Å². The zero-order valence-electron chi connectivity index (χ0n) is 79.0. The topological polar surface area (TPSA) is 208 Å². The molecule has 38 heteroatoms. The Balaban J connectivity index is 0.000000228. The van der Waals surface area contributed by atoms with Gasteiger partial charge in [-0.2, -0.15) is 111 Å². The van der Waals surface area contributed by atoms with E-state index in [-0.39, 0.29) is 133 Å². The standard InChI is InChI=1S/C33H37ClFN7O2.C32H35ClFN7O2.C32H36ClN7O2.CH4.6H2S/c1-36-19-25-20-41(17-18-42(25)30(43)12-5-14-35)32-26-13-16-40(29-11-4-8-23-7-3-10-27(34)31(23)29)21-28(26)37-33(38-32)44-22-24-9-6-15-39(24)2;1-21(34)31(42)41-16-15-40(18-24(41)17-35-2)30-25-12-14-39(28-11-5-8-22-7-4-10-26(33)29(22)28)19-27(25)36-32(37-30)43-20-23-9-6-13-38(23)3;1-4-29(41)40-17-16-39(19-24(40)18-34-2)31-25-13-15-38(28-12-6-9-22-8-5-11-26(33)30(22)28)20-27(25)35-32(36-31)42-21-23-10-7-14-37(23)3;;;;;;;/h3-5,7-8,10-12,24-25H,6,9,13-22H2,2H3;4-5,7-8,10-11,23-24H,1,6,9,12-20H2,3H3;4-6,8-9,11-12,23-24H,1,7,10,13-21H2,3H3;1H4;6*1H2/b12-5+;;;;;;;;;/t24-,25-;2*23-,24-;;;;;;;/m000......./s1/i;;1D2,4D;;;;;;;. The van der Waals surface area contributed by atoms with Crippen molar-refractivity contribution >= 4 is 200 Å². The van der Waals surface area contributed by atoms with E-state index in [2.05, 4.69) is 147 Å². The highest BCUT2D eigenvalue weighted by atomic mass is 35.5. The number of hydrogen-bond acceptors (Lipinski definition) is 21. The SMILES string of the molecule is C.S.S.S.S.S.S.[2H]C([2H])=C([2H])C(=O)N1CCN(c2nc(OC[C@@H]3CCCN3C)nc3c2CCN(c2cccc4cccc(Cl)c24)C3)C[C@@H]1C[N+]#[C-].[C-]#[N+]C[C@H]1CN(c2nc(OC[C@@H]3CCCN3C)nc3c2CCN(c2cccc4cccc(Cl)c24)C3)CCN1C(=O)/C=C/CF.[C-]#[N+]C[C@H]1CN(c2nc(OC[C@@H]3CCCN3C)nc3c2CCN(c2cccc4cccc(Cl)c24)C3)CCN1C(=O)C(=C)F. The van der Waals surface area contributed by atoms with Crippen LogP contribution >= 0.6 is 116 Å². The normalized spacial score (nSPS) is 19.9. The quantitative estimate of drug-likeness (QED) is 0.0456. The molecular weight excluding hydrogens is 1900 g/mol. The fourth-order valence-electron chi connectivity index (χ4n) is 19.7. The summed E-state index contributed by atoms with van der Waals surface area (Å²) in [5.41, 5.74) is 8.95. The van der Waals surface area contributed by atoms with Crippen molar-refractivity contribution in [3.8, 4) is 18.0 Å². The number of ether oxygens (including phenoxy) is 3. The highest BCUT2D eigenvalue weighted by Crippen LogP contribution is 2.43. The van der Waals surface area contributed by atoms with E-state index < -0.39 is 49.0 Å². The van der Waals surface area contributed by atoms with Gasteiger partial charge in [0.2, 0.25) is 31.4 Å². The summed E-state index contributed by atoms with van der Waals surface area (Å²) < 4.78 is 68.1. The minimum Gasteiger partial charge on any atom is -0.462 e. The molecule has 0 saturated carbocycles. The third-order valence-electron chi connectivity index (χ3n) is 26.6. The summed E-state index contributed by atoms with van der Waals surface area (Å²) in [6.45, 7) is 36.4. The van der Waals surface area contributed by atoms with Crippen LogP contribution in [0.1, 0.15) is 83.8 Å². The molecule has 27 nitrogen and oxygen atoms in total. The van der Waals surface area contributed by atoms with Gasteiger partial charge in [0.25, 0.3) is 5.91 Å². The number of likely N-dealkylation sites (N-methyl/N-ethyl adjacent to an activating group) is 3.